The van der Waals surface area contributed by atoms with Crippen LogP contribution in [0.15, 0.2) is 33.9 Å². The zero-order valence-electron chi connectivity index (χ0n) is 10.4. The van der Waals surface area contributed by atoms with Gasteiger partial charge in [-0.05, 0) is 37.2 Å². The van der Waals surface area contributed by atoms with Crippen LogP contribution in [0.25, 0.3) is 0 Å². The molecule has 3 N–H and O–H groups in total. The highest BCUT2D eigenvalue weighted by atomic mass is 32.2. The van der Waals surface area contributed by atoms with Gasteiger partial charge in [0.2, 0.25) is 0 Å². The molecule has 0 bridgehead atoms. The zero-order valence-corrected chi connectivity index (χ0v) is 11.2. The molecule has 0 spiro atoms. The Morgan fingerprint density at radius 1 is 1.21 bits per heavy atom. The topological polar surface area (TPSA) is 110 Å². The van der Waals surface area contributed by atoms with Gasteiger partial charge < -0.3 is 10.9 Å². The third-order valence-corrected chi connectivity index (χ3v) is 2.90. The lowest BCUT2D eigenvalue weighted by Gasteiger charge is -2.03. The summed E-state index contributed by atoms with van der Waals surface area (Å²) in [4.78, 5) is 16.7. The molecule has 0 saturated carbocycles. The molecule has 19 heavy (non-hydrogen) atoms. The first-order chi connectivity index (χ1) is 9.08. The fourth-order valence-corrected chi connectivity index (χ4v) is 1.99. The van der Waals surface area contributed by atoms with Crippen LogP contribution in [-0.2, 0) is 0 Å². The molecule has 0 aliphatic heterocycles. The molecule has 0 amide bonds. The Bertz CT molecular complexity index is 613. The fraction of sp³-hybridized carbons (Fsp3) is 0.182. The normalized spacial score (nSPS) is 11.6. The SMILES string of the molecule is Cc1cnc(Sc2nc(C)cc(/C(N)=N/O)n2)nc1. The summed E-state index contributed by atoms with van der Waals surface area (Å²) in [5.74, 6) is -0.0582. The van der Waals surface area contributed by atoms with Gasteiger partial charge in [-0.3, -0.25) is 0 Å². The molecule has 2 aromatic rings. The maximum atomic E-state index is 8.66. The van der Waals surface area contributed by atoms with Gasteiger partial charge in [-0.1, -0.05) is 5.16 Å². The summed E-state index contributed by atoms with van der Waals surface area (Å²) in [6.45, 7) is 3.71. The lowest BCUT2D eigenvalue weighted by Crippen LogP contribution is -2.16. The molecule has 7 nitrogen and oxygen atoms in total. The summed E-state index contributed by atoms with van der Waals surface area (Å²) in [7, 11) is 0. The molecule has 0 aliphatic carbocycles. The van der Waals surface area contributed by atoms with Crippen LogP contribution in [0.5, 0.6) is 0 Å². The van der Waals surface area contributed by atoms with E-state index >= 15 is 0 Å². The molecule has 2 heterocycles. The second-order valence-corrected chi connectivity index (χ2v) is 4.74. The Kier molecular flexibility index (Phi) is 3.91. The number of rotatable bonds is 3. The van der Waals surface area contributed by atoms with Crippen LogP contribution in [0.3, 0.4) is 0 Å². The third kappa shape index (κ3) is 3.38. The highest BCUT2D eigenvalue weighted by Crippen LogP contribution is 2.21. The molecule has 0 saturated heterocycles. The number of oxime groups is 1. The first-order valence-electron chi connectivity index (χ1n) is 5.38. The molecule has 0 aliphatic rings. The maximum Gasteiger partial charge on any atom is 0.196 e. The number of nitrogens with zero attached hydrogens (tertiary/aromatic N) is 5. The van der Waals surface area contributed by atoms with Crippen LogP contribution in [0, 0.1) is 13.8 Å². The van der Waals surface area contributed by atoms with Crippen LogP contribution >= 0.6 is 11.8 Å². The lowest BCUT2D eigenvalue weighted by atomic mass is 10.3. The summed E-state index contributed by atoms with van der Waals surface area (Å²) in [5.41, 5.74) is 7.57. The number of nitrogens with two attached hydrogens (primary N) is 1. The first-order valence-corrected chi connectivity index (χ1v) is 6.20. The van der Waals surface area contributed by atoms with E-state index in [1.54, 1.807) is 25.4 Å². The van der Waals surface area contributed by atoms with Crippen LogP contribution in [0.2, 0.25) is 0 Å². The number of hydrogen-bond acceptors (Lipinski definition) is 7. The van der Waals surface area contributed by atoms with Crippen molar-refractivity contribution in [3.05, 3.63) is 35.4 Å². The molecule has 0 atom stereocenters. The molecule has 0 radical (unpaired) electrons. The number of aromatic nitrogens is 4. The van der Waals surface area contributed by atoms with Gasteiger partial charge in [-0.15, -0.1) is 0 Å². The van der Waals surface area contributed by atoms with Crippen molar-refractivity contribution >= 4 is 17.6 Å². The average Bonchev–Trinajstić information content (AvgIpc) is 2.40. The van der Waals surface area contributed by atoms with E-state index in [-0.39, 0.29) is 5.84 Å². The molecule has 0 aromatic carbocycles. The summed E-state index contributed by atoms with van der Waals surface area (Å²) in [6.07, 6.45) is 3.44. The van der Waals surface area contributed by atoms with Crippen molar-refractivity contribution in [2.45, 2.75) is 24.2 Å². The second-order valence-electron chi connectivity index (χ2n) is 3.81. The van der Waals surface area contributed by atoms with Crippen molar-refractivity contribution in [2.24, 2.45) is 10.9 Å². The molecule has 0 unspecified atom stereocenters. The van der Waals surface area contributed by atoms with Gasteiger partial charge in [0.1, 0.15) is 5.69 Å². The molecule has 8 heteroatoms. The summed E-state index contributed by atoms with van der Waals surface area (Å²) >= 11 is 1.22. The van der Waals surface area contributed by atoms with Gasteiger partial charge in [-0.2, -0.15) is 0 Å². The fourth-order valence-electron chi connectivity index (χ4n) is 1.28. The predicted octanol–water partition coefficient (Wildman–Crippen LogP) is 1.13. The van der Waals surface area contributed by atoms with Crippen molar-refractivity contribution in [1.82, 2.24) is 19.9 Å². The van der Waals surface area contributed by atoms with Gasteiger partial charge in [0.05, 0.1) is 0 Å². The minimum Gasteiger partial charge on any atom is -0.409 e. The standard InChI is InChI=1S/C11H12N6OS/c1-6-4-13-10(14-5-6)19-11-15-7(2)3-8(16-11)9(12)17-18/h3-5,18H,1-2H3,(H2,12,17). The average molecular weight is 276 g/mol. The predicted molar refractivity (Wildman–Crippen MR) is 70.2 cm³/mol. The molecular weight excluding hydrogens is 264 g/mol. The van der Waals surface area contributed by atoms with E-state index in [0.29, 0.717) is 21.7 Å². The van der Waals surface area contributed by atoms with Gasteiger partial charge >= 0.3 is 0 Å². The molecule has 2 rings (SSSR count). The van der Waals surface area contributed by atoms with E-state index in [1.165, 1.54) is 11.8 Å². The van der Waals surface area contributed by atoms with E-state index in [4.69, 9.17) is 10.9 Å². The van der Waals surface area contributed by atoms with E-state index in [2.05, 4.69) is 25.1 Å². The Hall–Kier alpha value is -2.22. The number of aryl methyl sites for hydroxylation is 2. The maximum absolute atomic E-state index is 8.66. The largest absolute Gasteiger partial charge is 0.409 e. The van der Waals surface area contributed by atoms with Crippen LogP contribution in [0.1, 0.15) is 17.0 Å². The van der Waals surface area contributed by atoms with Gasteiger partial charge in [-0.25, -0.2) is 19.9 Å². The van der Waals surface area contributed by atoms with Gasteiger partial charge in [0.15, 0.2) is 16.1 Å². The second kappa shape index (κ2) is 5.61. The number of hydrogen-bond donors (Lipinski definition) is 2. The van der Waals surface area contributed by atoms with Crippen molar-refractivity contribution in [2.75, 3.05) is 0 Å². The Labute approximate surface area is 114 Å². The quantitative estimate of drug-likeness (QED) is 0.284. The minimum atomic E-state index is -0.0582. The molecule has 2 aromatic heterocycles. The molecule has 0 fully saturated rings. The van der Waals surface area contributed by atoms with Crippen molar-refractivity contribution < 1.29 is 5.21 Å². The Morgan fingerprint density at radius 2 is 1.89 bits per heavy atom. The highest BCUT2D eigenvalue weighted by Gasteiger charge is 2.09. The monoisotopic (exact) mass is 276 g/mol. The summed E-state index contributed by atoms with van der Waals surface area (Å²) < 4.78 is 0. The van der Waals surface area contributed by atoms with Crippen molar-refractivity contribution in [3.8, 4) is 0 Å². The third-order valence-electron chi connectivity index (χ3n) is 2.14. The Morgan fingerprint density at radius 3 is 2.53 bits per heavy atom. The van der Waals surface area contributed by atoms with Gasteiger partial charge in [0, 0.05) is 18.1 Å². The molecular formula is C11H12N6OS. The van der Waals surface area contributed by atoms with Gasteiger partial charge in [0.25, 0.3) is 0 Å². The van der Waals surface area contributed by atoms with E-state index in [9.17, 15) is 0 Å². The summed E-state index contributed by atoms with van der Waals surface area (Å²) in [5, 5.41) is 12.6. The number of amidine groups is 1. The molecule has 98 valence electrons. The zero-order chi connectivity index (χ0) is 13.8. The van der Waals surface area contributed by atoms with Crippen molar-refractivity contribution in [3.63, 3.8) is 0 Å². The highest BCUT2D eigenvalue weighted by molar-refractivity contribution is 7.99. The lowest BCUT2D eigenvalue weighted by molar-refractivity contribution is 0.318. The van der Waals surface area contributed by atoms with Crippen LogP contribution in [-0.4, -0.2) is 31.0 Å². The smallest absolute Gasteiger partial charge is 0.196 e. The van der Waals surface area contributed by atoms with E-state index in [1.807, 2.05) is 6.92 Å². The van der Waals surface area contributed by atoms with E-state index in [0.717, 1.165) is 5.56 Å². The van der Waals surface area contributed by atoms with Crippen molar-refractivity contribution in [1.29, 1.82) is 0 Å². The minimum absolute atomic E-state index is 0.0582. The summed E-state index contributed by atoms with van der Waals surface area (Å²) in [6, 6.07) is 1.63. The van der Waals surface area contributed by atoms with Crippen LogP contribution < -0.4 is 5.73 Å². The van der Waals surface area contributed by atoms with E-state index < -0.39 is 0 Å². The first kappa shape index (κ1) is 13.2. The van der Waals surface area contributed by atoms with Crippen LogP contribution in [0.4, 0.5) is 0 Å². The Balaban J connectivity index is 2.30.